The fraction of sp³-hybridized carbons (Fsp3) is 0.538. The van der Waals surface area contributed by atoms with Gasteiger partial charge in [-0.1, -0.05) is 23.7 Å². The molecule has 1 aliphatic heterocycles. The van der Waals surface area contributed by atoms with Crippen molar-refractivity contribution >= 4 is 17.3 Å². The summed E-state index contributed by atoms with van der Waals surface area (Å²) in [7, 11) is 0. The fourth-order valence-corrected chi connectivity index (χ4v) is 2.03. The van der Waals surface area contributed by atoms with Gasteiger partial charge in [0, 0.05) is 19.1 Å². The lowest BCUT2D eigenvalue weighted by Gasteiger charge is -2.10. The van der Waals surface area contributed by atoms with E-state index >= 15 is 0 Å². The Bertz CT molecular complexity index is 340. The van der Waals surface area contributed by atoms with Crippen molar-refractivity contribution in [3.8, 4) is 0 Å². The van der Waals surface area contributed by atoms with Gasteiger partial charge in [-0.3, -0.25) is 0 Å². The highest BCUT2D eigenvalue weighted by atomic mass is 35.5. The number of anilines is 1. The van der Waals surface area contributed by atoms with E-state index in [0.717, 1.165) is 43.5 Å². The van der Waals surface area contributed by atoms with Crippen molar-refractivity contribution in [1.82, 2.24) is 0 Å². The summed E-state index contributed by atoms with van der Waals surface area (Å²) < 4.78 is 10.9. The first kappa shape index (κ1) is 12.7. The number of rotatable bonds is 6. The van der Waals surface area contributed by atoms with E-state index in [9.17, 15) is 0 Å². The van der Waals surface area contributed by atoms with Crippen LogP contribution in [0.15, 0.2) is 24.3 Å². The van der Waals surface area contributed by atoms with Crippen LogP contribution in [-0.4, -0.2) is 33.0 Å². The molecule has 0 amide bonds. The van der Waals surface area contributed by atoms with Crippen LogP contribution >= 0.6 is 11.6 Å². The highest BCUT2D eigenvalue weighted by molar-refractivity contribution is 6.33. The molecule has 94 valence electrons. The molecule has 1 unspecified atom stereocenters. The Balaban J connectivity index is 1.58. The zero-order chi connectivity index (χ0) is 11.9. The van der Waals surface area contributed by atoms with Gasteiger partial charge in [0.2, 0.25) is 0 Å². The van der Waals surface area contributed by atoms with Crippen molar-refractivity contribution in [3.05, 3.63) is 29.3 Å². The molecule has 0 saturated carbocycles. The molecule has 4 heteroatoms. The summed E-state index contributed by atoms with van der Waals surface area (Å²) >= 11 is 6.02. The van der Waals surface area contributed by atoms with Crippen molar-refractivity contribution < 1.29 is 9.47 Å². The van der Waals surface area contributed by atoms with Gasteiger partial charge >= 0.3 is 0 Å². The minimum absolute atomic E-state index is 0.579. The number of hydrogen-bond donors (Lipinski definition) is 1. The summed E-state index contributed by atoms with van der Waals surface area (Å²) in [6, 6.07) is 7.72. The van der Waals surface area contributed by atoms with Crippen LogP contribution in [0.2, 0.25) is 5.02 Å². The maximum Gasteiger partial charge on any atom is 0.0639 e. The molecule has 0 radical (unpaired) electrons. The van der Waals surface area contributed by atoms with Crippen molar-refractivity contribution in [3.63, 3.8) is 0 Å². The van der Waals surface area contributed by atoms with Gasteiger partial charge in [0.1, 0.15) is 0 Å². The number of benzene rings is 1. The second-order valence-electron chi connectivity index (χ2n) is 4.21. The van der Waals surface area contributed by atoms with Gasteiger partial charge in [0.15, 0.2) is 0 Å². The summed E-state index contributed by atoms with van der Waals surface area (Å²) in [5.41, 5.74) is 0.960. The number of para-hydroxylation sites is 1. The maximum atomic E-state index is 6.02. The topological polar surface area (TPSA) is 30.5 Å². The Labute approximate surface area is 107 Å². The summed E-state index contributed by atoms with van der Waals surface area (Å²) in [5.74, 6) is 0.579. The van der Waals surface area contributed by atoms with E-state index in [4.69, 9.17) is 21.1 Å². The molecule has 1 atom stereocenters. The van der Waals surface area contributed by atoms with Gasteiger partial charge in [0.25, 0.3) is 0 Å². The van der Waals surface area contributed by atoms with Crippen LogP contribution in [0.1, 0.15) is 6.42 Å². The Hall–Kier alpha value is -0.770. The third kappa shape index (κ3) is 4.19. The molecule has 0 bridgehead atoms. The third-order valence-corrected chi connectivity index (χ3v) is 3.14. The minimum atomic E-state index is 0.579. The molecule has 0 aromatic heterocycles. The van der Waals surface area contributed by atoms with Crippen molar-refractivity contribution in [2.45, 2.75) is 6.42 Å². The largest absolute Gasteiger partial charge is 0.382 e. The molecule has 0 aliphatic carbocycles. The first-order chi connectivity index (χ1) is 8.36. The monoisotopic (exact) mass is 255 g/mol. The van der Waals surface area contributed by atoms with Gasteiger partial charge in [-0.2, -0.15) is 0 Å². The average Bonchev–Trinajstić information content (AvgIpc) is 2.84. The van der Waals surface area contributed by atoms with Crippen molar-refractivity contribution in [2.24, 2.45) is 5.92 Å². The van der Waals surface area contributed by atoms with E-state index in [2.05, 4.69) is 5.32 Å². The highest BCUT2D eigenvalue weighted by Crippen LogP contribution is 2.19. The SMILES string of the molecule is Clc1ccccc1NCCOCC1CCOC1. The molecule has 0 spiro atoms. The summed E-state index contributed by atoms with van der Waals surface area (Å²) in [5, 5.41) is 4.00. The molecule has 1 heterocycles. The zero-order valence-corrected chi connectivity index (χ0v) is 10.6. The van der Waals surface area contributed by atoms with Crippen LogP contribution in [-0.2, 0) is 9.47 Å². The quantitative estimate of drug-likeness (QED) is 0.793. The summed E-state index contributed by atoms with van der Waals surface area (Å²) in [4.78, 5) is 0. The van der Waals surface area contributed by atoms with Crippen LogP contribution in [0, 0.1) is 5.92 Å². The Morgan fingerprint density at radius 2 is 2.29 bits per heavy atom. The Morgan fingerprint density at radius 3 is 3.06 bits per heavy atom. The Morgan fingerprint density at radius 1 is 1.41 bits per heavy atom. The minimum Gasteiger partial charge on any atom is -0.382 e. The van der Waals surface area contributed by atoms with Crippen LogP contribution < -0.4 is 5.32 Å². The molecular formula is C13H18ClNO2. The summed E-state index contributed by atoms with van der Waals surface area (Å²) in [6.45, 7) is 3.99. The Kier molecular flexibility index (Phi) is 5.10. The van der Waals surface area contributed by atoms with Gasteiger partial charge in [-0.05, 0) is 18.6 Å². The summed E-state index contributed by atoms with van der Waals surface area (Å²) in [6.07, 6.45) is 1.12. The van der Waals surface area contributed by atoms with Crippen LogP contribution in [0.25, 0.3) is 0 Å². The van der Waals surface area contributed by atoms with Gasteiger partial charge < -0.3 is 14.8 Å². The molecule has 1 N–H and O–H groups in total. The second-order valence-corrected chi connectivity index (χ2v) is 4.62. The molecule has 3 nitrogen and oxygen atoms in total. The van der Waals surface area contributed by atoms with E-state index in [1.165, 1.54) is 0 Å². The lowest BCUT2D eigenvalue weighted by Crippen LogP contribution is -2.15. The number of hydrogen-bond acceptors (Lipinski definition) is 3. The van der Waals surface area contributed by atoms with Crippen LogP contribution in [0.4, 0.5) is 5.69 Å². The third-order valence-electron chi connectivity index (χ3n) is 2.81. The molecular weight excluding hydrogens is 238 g/mol. The normalized spacial score (nSPS) is 19.5. The van der Waals surface area contributed by atoms with E-state index < -0.39 is 0 Å². The highest BCUT2D eigenvalue weighted by Gasteiger charge is 2.15. The number of halogens is 1. The van der Waals surface area contributed by atoms with E-state index in [-0.39, 0.29) is 0 Å². The molecule has 2 rings (SSSR count). The molecule has 1 aromatic rings. The first-order valence-corrected chi connectivity index (χ1v) is 6.38. The average molecular weight is 256 g/mol. The van der Waals surface area contributed by atoms with Crippen LogP contribution in [0.3, 0.4) is 0 Å². The number of nitrogens with one attached hydrogen (secondary N) is 1. The standard InChI is InChI=1S/C13H18ClNO2/c14-12-3-1-2-4-13(12)15-6-8-17-10-11-5-7-16-9-11/h1-4,11,15H,5-10H2. The van der Waals surface area contributed by atoms with E-state index in [1.54, 1.807) is 0 Å². The smallest absolute Gasteiger partial charge is 0.0639 e. The molecule has 1 saturated heterocycles. The van der Waals surface area contributed by atoms with Gasteiger partial charge in [0.05, 0.1) is 30.5 Å². The molecule has 1 fully saturated rings. The maximum absolute atomic E-state index is 6.02. The van der Waals surface area contributed by atoms with Gasteiger partial charge in [-0.15, -0.1) is 0 Å². The zero-order valence-electron chi connectivity index (χ0n) is 9.82. The van der Waals surface area contributed by atoms with Crippen molar-refractivity contribution in [1.29, 1.82) is 0 Å². The first-order valence-electron chi connectivity index (χ1n) is 6.00. The van der Waals surface area contributed by atoms with Gasteiger partial charge in [-0.25, -0.2) is 0 Å². The van der Waals surface area contributed by atoms with E-state index in [1.807, 2.05) is 24.3 Å². The fourth-order valence-electron chi connectivity index (χ4n) is 1.83. The predicted octanol–water partition coefficient (Wildman–Crippen LogP) is 2.81. The molecule has 1 aliphatic rings. The lowest BCUT2D eigenvalue weighted by molar-refractivity contribution is 0.0965. The molecule has 1 aromatic carbocycles. The molecule has 17 heavy (non-hydrogen) atoms. The lowest BCUT2D eigenvalue weighted by atomic mass is 10.1. The second kappa shape index (κ2) is 6.84. The predicted molar refractivity (Wildman–Crippen MR) is 69.7 cm³/mol. The van der Waals surface area contributed by atoms with Crippen molar-refractivity contribution in [2.75, 3.05) is 38.3 Å². The number of ether oxygens (including phenoxy) is 2. The van der Waals surface area contributed by atoms with Crippen LogP contribution in [0.5, 0.6) is 0 Å². The van der Waals surface area contributed by atoms with E-state index in [0.29, 0.717) is 12.5 Å².